The van der Waals surface area contributed by atoms with E-state index in [-0.39, 0.29) is 4.90 Å². The topological polar surface area (TPSA) is 94.1 Å². The summed E-state index contributed by atoms with van der Waals surface area (Å²) >= 11 is 0. The first-order chi connectivity index (χ1) is 13.0. The average Bonchev–Trinajstić information content (AvgIpc) is 3.03. The van der Waals surface area contributed by atoms with Crippen molar-refractivity contribution < 1.29 is 8.42 Å². The zero-order valence-corrected chi connectivity index (χ0v) is 15.6. The molecule has 140 valence electrons. The van der Waals surface area contributed by atoms with Gasteiger partial charge in [-0.25, -0.2) is 18.2 Å². The highest BCUT2D eigenvalue weighted by Crippen LogP contribution is 2.27. The molecule has 1 aliphatic heterocycles. The van der Waals surface area contributed by atoms with Gasteiger partial charge in [0.05, 0.1) is 23.3 Å². The maximum atomic E-state index is 11.4. The van der Waals surface area contributed by atoms with Gasteiger partial charge in [-0.3, -0.25) is 0 Å². The molecule has 2 N–H and O–H groups in total. The second-order valence-corrected chi connectivity index (χ2v) is 8.26. The van der Waals surface area contributed by atoms with Gasteiger partial charge in [0.25, 0.3) is 0 Å². The van der Waals surface area contributed by atoms with Crippen molar-refractivity contribution >= 4 is 15.7 Å². The van der Waals surface area contributed by atoms with Gasteiger partial charge in [0.15, 0.2) is 0 Å². The number of para-hydroxylation sites is 1. The van der Waals surface area contributed by atoms with E-state index in [2.05, 4.69) is 39.5 Å². The third-order valence-electron chi connectivity index (χ3n) is 4.78. The standard InChI is InChI=1S/C19H21N5O2S/c20-27(25,26)18-10-8-17(9-11-18)24-14-16(21-22-24)13-23-12-4-3-6-15-5-1-2-7-19(15)23/h1-2,5,7-11,14H,3-4,6,12-13H2,(H2,20,25,26). The second-order valence-electron chi connectivity index (χ2n) is 6.70. The zero-order valence-electron chi connectivity index (χ0n) is 14.8. The van der Waals surface area contributed by atoms with Crippen molar-refractivity contribution in [1.29, 1.82) is 0 Å². The highest BCUT2D eigenvalue weighted by atomic mass is 32.2. The molecular weight excluding hydrogens is 362 g/mol. The summed E-state index contributed by atoms with van der Waals surface area (Å²) in [5.41, 5.74) is 4.24. The highest BCUT2D eigenvalue weighted by molar-refractivity contribution is 7.89. The van der Waals surface area contributed by atoms with Crippen LogP contribution in [0.5, 0.6) is 0 Å². The summed E-state index contributed by atoms with van der Waals surface area (Å²) in [6, 6.07) is 14.8. The van der Waals surface area contributed by atoms with Crippen molar-refractivity contribution in [3.8, 4) is 5.69 Å². The van der Waals surface area contributed by atoms with Crippen molar-refractivity contribution in [1.82, 2.24) is 15.0 Å². The van der Waals surface area contributed by atoms with Crippen molar-refractivity contribution in [3.05, 3.63) is 66.0 Å². The number of nitrogens with zero attached hydrogens (tertiary/aromatic N) is 4. The maximum absolute atomic E-state index is 11.4. The zero-order chi connectivity index (χ0) is 18.9. The summed E-state index contributed by atoms with van der Waals surface area (Å²) in [5.74, 6) is 0. The van der Waals surface area contributed by atoms with E-state index in [1.807, 2.05) is 6.20 Å². The van der Waals surface area contributed by atoms with E-state index < -0.39 is 10.0 Å². The SMILES string of the molecule is NS(=O)(=O)c1ccc(-n2cc(CN3CCCCc4ccccc43)nn2)cc1. The molecule has 0 saturated heterocycles. The van der Waals surface area contributed by atoms with Gasteiger partial charge in [0, 0.05) is 12.2 Å². The van der Waals surface area contributed by atoms with Crippen molar-refractivity contribution in [2.45, 2.75) is 30.7 Å². The van der Waals surface area contributed by atoms with Gasteiger partial charge >= 0.3 is 0 Å². The Hall–Kier alpha value is -2.71. The van der Waals surface area contributed by atoms with Crippen LogP contribution in [-0.2, 0) is 23.0 Å². The Labute approximate surface area is 158 Å². The maximum Gasteiger partial charge on any atom is 0.238 e. The minimum Gasteiger partial charge on any atom is -0.365 e. The van der Waals surface area contributed by atoms with Crippen LogP contribution in [0.3, 0.4) is 0 Å². The smallest absolute Gasteiger partial charge is 0.238 e. The summed E-state index contributed by atoms with van der Waals surface area (Å²) in [6.07, 6.45) is 5.32. The first-order valence-corrected chi connectivity index (χ1v) is 10.4. The molecule has 1 aliphatic rings. The van der Waals surface area contributed by atoms with Crippen LogP contribution in [0.2, 0.25) is 0 Å². The molecule has 0 unspecified atom stereocenters. The lowest BCUT2D eigenvalue weighted by molar-refractivity contribution is 0.598. The quantitative estimate of drug-likeness (QED) is 0.746. The Morgan fingerprint density at radius 1 is 1.04 bits per heavy atom. The molecule has 27 heavy (non-hydrogen) atoms. The molecule has 0 aliphatic carbocycles. The molecule has 3 aromatic rings. The van der Waals surface area contributed by atoms with E-state index >= 15 is 0 Å². The van der Waals surface area contributed by atoms with E-state index in [0.29, 0.717) is 6.54 Å². The van der Waals surface area contributed by atoms with Crippen LogP contribution < -0.4 is 10.0 Å². The number of hydrogen-bond acceptors (Lipinski definition) is 5. The number of benzene rings is 2. The Bertz CT molecular complexity index is 1040. The molecule has 2 aromatic carbocycles. The first-order valence-electron chi connectivity index (χ1n) is 8.88. The third kappa shape index (κ3) is 3.86. The summed E-state index contributed by atoms with van der Waals surface area (Å²) in [4.78, 5) is 2.42. The number of fused-ring (bicyclic) bond motifs is 1. The van der Waals surface area contributed by atoms with Crippen LogP contribution in [0.1, 0.15) is 24.1 Å². The number of nitrogens with two attached hydrogens (primary N) is 1. The number of primary sulfonamides is 1. The fraction of sp³-hybridized carbons (Fsp3) is 0.263. The number of aryl methyl sites for hydroxylation is 1. The summed E-state index contributed by atoms with van der Waals surface area (Å²) < 4.78 is 24.4. The molecule has 0 bridgehead atoms. The van der Waals surface area contributed by atoms with Crippen LogP contribution in [0.15, 0.2) is 59.6 Å². The normalized spacial score (nSPS) is 14.6. The number of aromatic nitrogens is 3. The summed E-state index contributed by atoms with van der Waals surface area (Å²) in [5, 5.41) is 13.6. The Morgan fingerprint density at radius 2 is 1.81 bits per heavy atom. The lowest BCUT2D eigenvalue weighted by Gasteiger charge is -2.23. The largest absolute Gasteiger partial charge is 0.365 e. The van der Waals surface area contributed by atoms with E-state index in [1.54, 1.807) is 16.8 Å². The predicted molar refractivity (Wildman–Crippen MR) is 103 cm³/mol. The molecule has 7 nitrogen and oxygen atoms in total. The highest BCUT2D eigenvalue weighted by Gasteiger charge is 2.16. The number of rotatable bonds is 4. The Morgan fingerprint density at radius 3 is 2.59 bits per heavy atom. The van der Waals surface area contributed by atoms with E-state index in [4.69, 9.17) is 5.14 Å². The van der Waals surface area contributed by atoms with Gasteiger partial charge in [-0.2, -0.15) is 0 Å². The minimum atomic E-state index is -3.70. The van der Waals surface area contributed by atoms with Gasteiger partial charge in [0.2, 0.25) is 10.0 Å². The molecule has 1 aromatic heterocycles. The molecule has 0 fully saturated rings. The Balaban J connectivity index is 1.55. The predicted octanol–water partition coefficient (Wildman–Crippen LogP) is 2.26. The first kappa shape index (κ1) is 17.7. The van der Waals surface area contributed by atoms with Gasteiger partial charge in [-0.1, -0.05) is 23.4 Å². The number of sulfonamides is 1. The van der Waals surface area contributed by atoms with Crippen LogP contribution in [0.4, 0.5) is 5.69 Å². The fourth-order valence-corrected chi connectivity index (χ4v) is 3.93. The van der Waals surface area contributed by atoms with Crippen LogP contribution in [0, 0.1) is 0 Å². The van der Waals surface area contributed by atoms with Gasteiger partial charge in [-0.05, 0) is 55.2 Å². The molecule has 4 rings (SSSR count). The Kier molecular flexibility index (Phi) is 4.67. The van der Waals surface area contributed by atoms with Crippen LogP contribution in [0.25, 0.3) is 5.69 Å². The average molecular weight is 383 g/mol. The van der Waals surface area contributed by atoms with Gasteiger partial charge in [-0.15, -0.1) is 5.10 Å². The minimum absolute atomic E-state index is 0.0766. The number of anilines is 1. The molecule has 8 heteroatoms. The molecule has 0 atom stereocenters. The van der Waals surface area contributed by atoms with Crippen molar-refractivity contribution in [2.75, 3.05) is 11.4 Å². The van der Waals surface area contributed by atoms with E-state index in [0.717, 1.165) is 30.8 Å². The van der Waals surface area contributed by atoms with E-state index in [9.17, 15) is 8.42 Å². The summed E-state index contributed by atoms with van der Waals surface area (Å²) in [7, 11) is -3.70. The van der Waals surface area contributed by atoms with E-state index in [1.165, 1.54) is 29.8 Å². The van der Waals surface area contributed by atoms with Crippen LogP contribution in [-0.4, -0.2) is 30.0 Å². The molecule has 0 amide bonds. The molecule has 0 spiro atoms. The third-order valence-corrected chi connectivity index (χ3v) is 5.71. The van der Waals surface area contributed by atoms with Gasteiger partial charge in [0.1, 0.15) is 5.69 Å². The summed E-state index contributed by atoms with van der Waals surface area (Å²) in [6.45, 7) is 1.68. The lowest BCUT2D eigenvalue weighted by Crippen LogP contribution is -2.23. The monoisotopic (exact) mass is 383 g/mol. The van der Waals surface area contributed by atoms with Crippen LogP contribution >= 0.6 is 0 Å². The second kappa shape index (κ2) is 7.13. The van der Waals surface area contributed by atoms with Gasteiger partial charge < -0.3 is 4.90 Å². The molecular formula is C19H21N5O2S. The molecule has 0 saturated carbocycles. The number of hydrogen-bond donors (Lipinski definition) is 1. The van der Waals surface area contributed by atoms with Crippen molar-refractivity contribution in [2.24, 2.45) is 5.14 Å². The fourth-order valence-electron chi connectivity index (χ4n) is 3.41. The lowest BCUT2D eigenvalue weighted by atomic mass is 10.1. The van der Waals surface area contributed by atoms with Crippen molar-refractivity contribution in [3.63, 3.8) is 0 Å². The molecule has 2 heterocycles. The molecule has 0 radical (unpaired) electrons.